The van der Waals surface area contributed by atoms with Gasteiger partial charge in [-0.05, 0) is 36.5 Å². The Morgan fingerprint density at radius 3 is 2.28 bits per heavy atom. The number of carbonyl (C=O) groups is 2. The topological polar surface area (TPSA) is 52.6 Å². The van der Waals surface area contributed by atoms with E-state index in [-0.39, 0.29) is 5.92 Å². The molecule has 0 aliphatic heterocycles. The molecule has 4 heteroatoms. The van der Waals surface area contributed by atoms with Gasteiger partial charge in [0, 0.05) is 5.92 Å². The van der Waals surface area contributed by atoms with Crippen LogP contribution in [-0.2, 0) is 19.1 Å². The lowest BCUT2D eigenvalue weighted by Crippen LogP contribution is -2.28. The summed E-state index contributed by atoms with van der Waals surface area (Å²) in [7, 11) is 2.70. The molecule has 4 nitrogen and oxygen atoms in total. The minimum absolute atomic E-state index is 0.242. The quantitative estimate of drug-likeness (QED) is 0.581. The van der Waals surface area contributed by atoms with Crippen LogP contribution < -0.4 is 0 Å². The van der Waals surface area contributed by atoms with E-state index in [0.29, 0.717) is 17.1 Å². The van der Waals surface area contributed by atoms with Gasteiger partial charge in [0.25, 0.3) is 0 Å². The van der Waals surface area contributed by atoms with Gasteiger partial charge in [-0.3, -0.25) is 0 Å². The smallest absolute Gasteiger partial charge is 0.335 e. The van der Waals surface area contributed by atoms with Crippen LogP contribution in [-0.4, -0.2) is 26.2 Å². The minimum Gasteiger partial charge on any atom is -0.466 e. The van der Waals surface area contributed by atoms with Gasteiger partial charge >= 0.3 is 11.9 Å². The first-order valence-corrected chi connectivity index (χ1v) is 8.51. The number of hydrogen-bond donors (Lipinski definition) is 0. The number of ether oxygens (including phenoxy) is 2. The molecule has 0 aromatic carbocycles. The number of rotatable bonds is 3. The summed E-state index contributed by atoms with van der Waals surface area (Å²) in [5, 5.41) is 0. The van der Waals surface area contributed by atoms with Gasteiger partial charge in [-0.1, -0.05) is 43.7 Å². The highest BCUT2D eigenvalue weighted by atomic mass is 16.5. The summed E-state index contributed by atoms with van der Waals surface area (Å²) in [6.45, 7) is 8.29. The average Bonchev–Trinajstić information content (AvgIpc) is 2.95. The zero-order valence-electron chi connectivity index (χ0n) is 15.6. The fourth-order valence-electron chi connectivity index (χ4n) is 4.35. The van der Waals surface area contributed by atoms with E-state index in [9.17, 15) is 9.59 Å². The third kappa shape index (κ3) is 2.20. The molecule has 0 saturated carbocycles. The van der Waals surface area contributed by atoms with E-state index in [1.54, 1.807) is 0 Å². The van der Waals surface area contributed by atoms with Crippen LogP contribution in [0.25, 0.3) is 0 Å². The molecule has 0 amide bonds. The molecule has 2 atom stereocenters. The molecule has 3 aliphatic rings. The van der Waals surface area contributed by atoms with Crippen molar-refractivity contribution in [2.45, 2.75) is 27.7 Å². The molecule has 0 saturated heterocycles. The lowest BCUT2D eigenvalue weighted by molar-refractivity contribution is -0.139. The van der Waals surface area contributed by atoms with E-state index in [0.717, 1.165) is 22.3 Å². The first kappa shape index (κ1) is 17.5. The molecule has 0 aromatic heterocycles. The van der Waals surface area contributed by atoms with Crippen LogP contribution in [0.4, 0.5) is 0 Å². The van der Waals surface area contributed by atoms with Gasteiger partial charge < -0.3 is 9.47 Å². The average molecular weight is 340 g/mol. The molecule has 0 N–H and O–H groups in total. The summed E-state index contributed by atoms with van der Waals surface area (Å²) in [6, 6.07) is 0. The second-order valence-electron chi connectivity index (χ2n) is 7.14. The van der Waals surface area contributed by atoms with E-state index in [1.807, 2.05) is 13.8 Å². The first-order valence-electron chi connectivity index (χ1n) is 8.51. The van der Waals surface area contributed by atoms with E-state index in [4.69, 9.17) is 9.47 Å². The molecule has 0 aromatic rings. The van der Waals surface area contributed by atoms with E-state index >= 15 is 0 Å². The van der Waals surface area contributed by atoms with Gasteiger partial charge in [0.15, 0.2) is 0 Å². The monoisotopic (exact) mass is 340 g/mol. The Morgan fingerprint density at radius 1 is 1.08 bits per heavy atom. The molecular formula is C21H24O4. The van der Waals surface area contributed by atoms with Crippen LogP contribution in [0.1, 0.15) is 27.7 Å². The Balaban J connectivity index is 2.39. The number of esters is 2. The molecular weight excluding hydrogens is 316 g/mol. The number of hydrogen-bond acceptors (Lipinski definition) is 4. The van der Waals surface area contributed by atoms with E-state index in [2.05, 4.69) is 38.2 Å². The fourth-order valence-corrected chi connectivity index (χ4v) is 4.35. The van der Waals surface area contributed by atoms with E-state index in [1.165, 1.54) is 14.2 Å². The van der Waals surface area contributed by atoms with E-state index < -0.39 is 17.4 Å². The van der Waals surface area contributed by atoms with Crippen molar-refractivity contribution in [3.63, 3.8) is 0 Å². The SMILES string of the molecule is COC(=O)C1=C(C(=O)OC)C23C=C(C(C)C)C=CC(C)=C2C1C=C3C. The van der Waals surface area contributed by atoms with Crippen molar-refractivity contribution in [3.05, 3.63) is 57.7 Å². The Labute approximate surface area is 148 Å². The maximum absolute atomic E-state index is 12.7. The molecule has 0 radical (unpaired) electrons. The molecule has 132 valence electrons. The summed E-state index contributed by atoms with van der Waals surface area (Å²) in [4.78, 5) is 25.2. The van der Waals surface area contributed by atoms with Gasteiger partial charge in [-0.2, -0.15) is 0 Å². The maximum Gasteiger partial charge on any atom is 0.335 e. The summed E-state index contributed by atoms with van der Waals surface area (Å²) < 4.78 is 10.1. The minimum atomic E-state index is -0.714. The second-order valence-corrected chi connectivity index (χ2v) is 7.14. The molecule has 0 spiro atoms. The van der Waals surface area contributed by atoms with Crippen molar-refractivity contribution >= 4 is 11.9 Å². The van der Waals surface area contributed by atoms with Crippen LogP contribution in [0.5, 0.6) is 0 Å². The third-order valence-electron chi connectivity index (χ3n) is 5.54. The molecule has 2 bridgehead atoms. The largest absolute Gasteiger partial charge is 0.466 e. The third-order valence-corrected chi connectivity index (χ3v) is 5.54. The van der Waals surface area contributed by atoms with Crippen molar-refractivity contribution in [2.24, 2.45) is 17.3 Å². The van der Waals surface area contributed by atoms with Crippen molar-refractivity contribution in [1.29, 1.82) is 0 Å². The predicted molar refractivity (Wildman–Crippen MR) is 95.5 cm³/mol. The number of allylic oxidation sites excluding steroid dienone is 8. The Hall–Kier alpha value is -2.36. The zero-order chi connectivity index (χ0) is 18.5. The zero-order valence-corrected chi connectivity index (χ0v) is 15.6. The lowest BCUT2D eigenvalue weighted by Gasteiger charge is -2.30. The highest BCUT2D eigenvalue weighted by Crippen LogP contribution is 2.63. The van der Waals surface area contributed by atoms with Crippen molar-refractivity contribution < 1.29 is 19.1 Å². The summed E-state index contributed by atoms with van der Waals surface area (Å²) in [6.07, 6.45) is 8.39. The summed E-state index contributed by atoms with van der Waals surface area (Å²) >= 11 is 0. The standard InChI is InChI=1S/C21H24O4/c1-11(2)14-8-7-12(3)17-15-9-13(4)21(17,10-14)18(20(23)25-6)16(15)19(22)24-5/h7-11,15H,1-6H3. The van der Waals surface area contributed by atoms with Gasteiger partial charge in [0.1, 0.15) is 0 Å². The molecule has 3 rings (SSSR count). The maximum atomic E-state index is 12.7. The highest BCUT2D eigenvalue weighted by Gasteiger charge is 2.59. The van der Waals surface area contributed by atoms with Crippen molar-refractivity contribution in [1.82, 2.24) is 0 Å². The second kappa shape index (κ2) is 5.87. The first-order chi connectivity index (χ1) is 11.8. The van der Waals surface area contributed by atoms with Crippen LogP contribution >= 0.6 is 0 Å². The molecule has 2 unspecified atom stereocenters. The van der Waals surface area contributed by atoms with Crippen LogP contribution in [0.15, 0.2) is 57.7 Å². The van der Waals surface area contributed by atoms with Gasteiger partial charge in [0.2, 0.25) is 0 Å². The molecule has 3 aliphatic carbocycles. The van der Waals surface area contributed by atoms with Crippen LogP contribution in [0, 0.1) is 17.3 Å². The normalized spacial score (nSPS) is 27.2. The Kier molecular flexibility index (Phi) is 4.10. The molecule has 0 fully saturated rings. The highest BCUT2D eigenvalue weighted by molar-refractivity contribution is 6.07. The lowest BCUT2D eigenvalue weighted by atomic mass is 9.71. The Bertz CT molecular complexity index is 817. The Morgan fingerprint density at radius 2 is 1.72 bits per heavy atom. The van der Waals surface area contributed by atoms with Crippen LogP contribution in [0.2, 0.25) is 0 Å². The fraction of sp³-hybridized carbons (Fsp3) is 0.429. The van der Waals surface area contributed by atoms with Crippen LogP contribution in [0.3, 0.4) is 0 Å². The number of methoxy groups -OCH3 is 2. The predicted octanol–water partition coefficient (Wildman–Crippen LogP) is 3.67. The van der Waals surface area contributed by atoms with Gasteiger partial charge in [-0.25, -0.2) is 9.59 Å². The van der Waals surface area contributed by atoms with Crippen molar-refractivity contribution in [3.8, 4) is 0 Å². The number of carbonyl (C=O) groups excluding carboxylic acids is 2. The molecule has 0 heterocycles. The van der Waals surface area contributed by atoms with Gasteiger partial charge in [0.05, 0.1) is 30.8 Å². The summed E-state index contributed by atoms with van der Waals surface area (Å²) in [5.74, 6) is -0.882. The van der Waals surface area contributed by atoms with Crippen molar-refractivity contribution in [2.75, 3.05) is 14.2 Å². The summed E-state index contributed by atoms with van der Waals surface area (Å²) in [5.41, 5.74) is 4.43. The van der Waals surface area contributed by atoms with Gasteiger partial charge in [-0.15, -0.1) is 0 Å². The molecule has 25 heavy (non-hydrogen) atoms.